The van der Waals surface area contributed by atoms with Gasteiger partial charge in [0.25, 0.3) is 17.3 Å². The minimum absolute atomic E-state index is 0.0885. The van der Waals surface area contributed by atoms with Crippen LogP contribution in [-0.4, -0.2) is 41.3 Å². The van der Waals surface area contributed by atoms with Crippen molar-refractivity contribution in [2.45, 2.75) is 13.0 Å². The number of nitro groups is 2. The van der Waals surface area contributed by atoms with Gasteiger partial charge in [0.1, 0.15) is 5.56 Å². The lowest BCUT2D eigenvalue weighted by atomic mass is 10.0. The topological polar surface area (TPSA) is 119 Å². The molecule has 0 aromatic heterocycles. The van der Waals surface area contributed by atoms with Gasteiger partial charge in [-0.3, -0.25) is 25.0 Å². The molecule has 0 spiro atoms. The van der Waals surface area contributed by atoms with E-state index in [0.29, 0.717) is 6.54 Å². The van der Waals surface area contributed by atoms with Gasteiger partial charge in [0, 0.05) is 18.7 Å². The number of amides is 1. The van der Waals surface area contributed by atoms with Crippen molar-refractivity contribution in [3.05, 3.63) is 79.4 Å². The maximum absolute atomic E-state index is 12.7. The summed E-state index contributed by atoms with van der Waals surface area (Å²) in [5.74, 6) is -0.614. The predicted molar refractivity (Wildman–Crippen MR) is 99.7 cm³/mol. The highest BCUT2D eigenvalue weighted by molar-refractivity contribution is 5.96. The number of rotatable bonds is 7. The zero-order valence-corrected chi connectivity index (χ0v) is 15.2. The summed E-state index contributed by atoms with van der Waals surface area (Å²) in [4.78, 5) is 35.5. The normalized spacial score (nSPS) is 11.9. The quantitative estimate of drug-likeness (QED) is 0.590. The molecule has 0 aliphatic rings. The highest BCUT2D eigenvalue weighted by atomic mass is 16.6. The molecule has 2 aromatic carbocycles. The van der Waals surface area contributed by atoms with E-state index in [2.05, 4.69) is 5.32 Å². The van der Waals surface area contributed by atoms with Crippen molar-refractivity contribution in [1.29, 1.82) is 0 Å². The number of carbonyl (C=O) groups excluding carboxylic acids is 1. The van der Waals surface area contributed by atoms with Gasteiger partial charge in [-0.25, -0.2) is 0 Å². The van der Waals surface area contributed by atoms with Crippen LogP contribution in [0.5, 0.6) is 0 Å². The lowest BCUT2D eigenvalue weighted by molar-refractivity contribution is -0.395. The fourth-order valence-corrected chi connectivity index (χ4v) is 2.72. The average molecular weight is 372 g/mol. The molecule has 1 unspecified atom stereocenters. The van der Waals surface area contributed by atoms with Crippen LogP contribution in [0.3, 0.4) is 0 Å². The monoisotopic (exact) mass is 372 g/mol. The van der Waals surface area contributed by atoms with Gasteiger partial charge in [-0.05, 0) is 26.6 Å². The van der Waals surface area contributed by atoms with E-state index in [1.165, 1.54) is 6.92 Å². The van der Waals surface area contributed by atoms with Crippen molar-refractivity contribution in [2.24, 2.45) is 0 Å². The summed E-state index contributed by atoms with van der Waals surface area (Å²) >= 11 is 0. The van der Waals surface area contributed by atoms with Gasteiger partial charge in [0.05, 0.1) is 21.5 Å². The zero-order valence-electron chi connectivity index (χ0n) is 15.2. The zero-order chi connectivity index (χ0) is 20.1. The second-order valence-electron chi connectivity index (χ2n) is 6.35. The van der Waals surface area contributed by atoms with Crippen LogP contribution >= 0.6 is 0 Å². The molecule has 1 N–H and O–H groups in total. The standard InChI is InChI=1S/C18H20N4O5/c1-12-16(21(24)25)9-14(10-17(12)22(26)27)18(23)19-15(11-20(2)3)13-7-5-4-6-8-13/h4-10,15H,11H2,1-3H3,(H,19,23). The Morgan fingerprint density at radius 2 is 1.59 bits per heavy atom. The minimum Gasteiger partial charge on any atom is -0.344 e. The van der Waals surface area contributed by atoms with E-state index in [0.717, 1.165) is 17.7 Å². The average Bonchev–Trinajstić information content (AvgIpc) is 2.61. The first-order valence-electron chi connectivity index (χ1n) is 8.14. The first-order valence-corrected chi connectivity index (χ1v) is 8.14. The third-order valence-electron chi connectivity index (χ3n) is 4.06. The Morgan fingerprint density at radius 3 is 2.04 bits per heavy atom. The van der Waals surface area contributed by atoms with E-state index in [9.17, 15) is 25.0 Å². The lowest BCUT2D eigenvalue weighted by Crippen LogP contribution is -2.35. The van der Waals surface area contributed by atoms with Gasteiger partial charge in [-0.1, -0.05) is 30.3 Å². The molecule has 1 amide bonds. The first kappa shape index (κ1) is 20.0. The van der Waals surface area contributed by atoms with Gasteiger partial charge in [-0.2, -0.15) is 0 Å². The lowest BCUT2D eigenvalue weighted by Gasteiger charge is -2.23. The van der Waals surface area contributed by atoms with Crippen molar-refractivity contribution in [2.75, 3.05) is 20.6 Å². The van der Waals surface area contributed by atoms with E-state index in [-0.39, 0.29) is 17.2 Å². The van der Waals surface area contributed by atoms with E-state index in [1.54, 1.807) is 0 Å². The molecule has 142 valence electrons. The molecule has 2 rings (SSSR count). The molecule has 9 heteroatoms. The molecule has 0 bridgehead atoms. The van der Waals surface area contributed by atoms with Gasteiger partial charge in [0.15, 0.2) is 0 Å². The van der Waals surface area contributed by atoms with Crippen LogP contribution in [0.15, 0.2) is 42.5 Å². The number of nitrogens with one attached hydrogen (secondary N) is 1. The van der Waals surface area contributed by atoms with Crippen molar-refractivity contribution >= 4 is 17.3 Å². The van der Waals surface area contributed by atoms with Gasteiger partial charge < -0.3 is 10.2 Å². The molecule has 0 heterocycles. The van der Waals surface area contributed by atoms with E-state index >= 15 is 0 Å². The van der Waals surface area contributed by atoms with Gasteiger partial charge in [0.2, 0.25) is 0 Å². The van der Waals surface area contributed by atoms with Crippen molar-refractivity contribution in [1.82, 2.24) is 10.2 Å². The summed E-state index contributed by atoms with van der Waals surface area (Å²) < 4.78 is 0. The molecule has 2 aromatic rings. The molecular formula is C18H20N4O5. The molecule has 0 saturated heterocycles. The fraction of sp³-hybridized carbons (Fsp3) is 0.278. The third-order valence-corrected chi connectivity index (χ3v) is 4.06. The van der Waals surface area contributed by atoms with E-state index < -0.39 is 27.1 Å². The summed E-state index contributed by atoms with van der Waals surface area (Å²) in [6.45, 7) is 1.78. The molecule has 27 heavy (non-hydrogen) atoms. The number of benzene rings is 2. The summed E-state index contributed by atoms with van der Waals surface area (Å²) in [6, 6.07) is 11.0. The van der Waals surface area contributed by atoms with Crippen LogP contribution in [0.1, 0.15) is 27.5 Å². The molecule has 0 aliphatic carbocycles. The highest BCUT2D eigenvalue weighted by Crippen LogP contribution is 2.29. The van der Waals surface area contributed by atoms with E-state index in [4.69, 9.17) is 0 Å². The number of likely N-dealkylation sites (N-methyl/N-ethyl adjacent to an activating group) is 1. The van der Waals surface area contributed by atoms with Crippen LogP contribution in [-0.2, 0) is 0 Å². The second-order valence-corrected chi connectivity index (χ2v) is 6.35. The Morgan fingerprint density at radius 1 is 1.07 bits per heavy atom. The summed E-state index contributed by atoms with van der Waals surface area (Å²) in [5, 5.41) is 25.2. The molecule has 0 radical (unpaired) electrons. The van der Waals surface area contributed by atoms with Crippen LogP contribution in [0.2, 0.25) is 0 Å². The predicted octanol–water partition coefficient (Wildman–Crippen LogP) is 2.84. The summed E-state index contributed by atoms with van der Waals surface area (Å²) in [5.41, 5.74) is -0.278. The Balaban J connectivity index is 2.40. The maximum Gasteiger partial charge on any atom is 0.279 e. The van der Waals surface area contributed by atoms with Crippen LogP contribution in [0.25, 0.3) is 0 Å². The van der Waals surface area contributed by atoms with Crippen molar-refractivity contribution in [3.63, 3.8) is 0 Å². The smallest absolute Gasteiger partial charge is 0.279 e. The Kier molecular flexibility index (Phi) is 6.19. The maximum atomic E-state index is 12.7. The molecule has 0 saturated carbocycles. The SMILES string of the molecule is Cc1c([N+](=O)[O-])cc(C(=O)NC(CN(C)C)c2ccccc2)cc1[N+](=O)[O-]. The molecule has 1 atom stereocenters. The third kappa shape index (κ3) is 4.85. The molecule has 9 nitrogen and oxygen atoms in total. The van der Waals surface area contributed by atoms with Crippen LogP contribution in [0, 0.1) is 27.2 Å². The van der Waals surface area contributed by atoms with Crippen molar-refractivity contribution in [3.8, 4) is 0 Å². The Bertz CT molecular complexity index is 832. The number of nitro benzene ring substituents is 2. The Hall–Kier alpha value is -3.33. The van der Waals surface area contributed by atoms with Crippen LogP contribution in [0.4, 0.5) is 11.4 Å². The van der Waals surface area contributed by atoms with Gasteiger partial charge >= 0.3 is 0 Å². The fourth-order valence-electron chi connectivity index (χ4n) is 2.72. The summed E-state index contributed by atoms with van der Waals surface area (Å²) in [6.07, 6.45) is 0. The largest absolute Gasteiger partial charge is 0.344 e. The number of nitrogens with zero attached hydrogens (tertiary/aromatic N) is 3. The minimum atomic E-state index is -0.729. The van der Waals surface area contributed by atoms with Crippen molar-refractivity contribution < 1.29 is 14.6 Å². The molecule has 0 aliphatic heterocycles. The highest BCUT2D eigenvalue weighted by Gasteiger charge is 2.26. The molecule has 0 fully saturated rings. The Labute approximate surface area is 155 Å². The first-order chi connectivity index (χ1) is 12.7. The van der Waals surface area contributed by atoms with E-state index in [1.807, 2.05) is 49.3 Å². The van der Waals surface area contributed by atoms with Crippen LogP contribution < -0.4 is 5.32 Å². The van der Waals surface area contributed by atoms with Gasteiger partial charge in [-0.15, -0.1) is 0 Å². The summed E-state index contributed by atoms with van der Waals surface area (Å²) in [7, 11) is 3.70. The number of hydrogen-bond donors (Lipinski definition) is 1. The number of carbonyl (C=O) groups is 1. The molecular weight excluding hydrogens is 352 g/mol. The second kappa shape index (κ2) is 8.37. The number of hydrogen-bond acceptors (Lipinski definition) is 6.